The van der Waals surface area contributed by atoms with Gasteiger partial charge in [-0.1, -0.05) is 78.9 Å². The van der Waals surface area contributed by atoms with Crippen molar-refractivity contribution in [3.05, 3.63) is 125 Å². The Bertz CT molecular complexity index is 1330. The molecule has 1 aromatic heterocycles. The molecule has 0 amide bonds. The Labute approximate surface area is 187 Å². The van der Waals surface area contributed by atoms with Gasteiger partial charge in [0.15, 0.2) is 0 Å². The predicted molar refractivity (Wildman–Crippen MR) is 131 cm³/mol. The van der Waals surface area contributed by atoms with Gasteiger partial charge in [-0.2, -0.15) is 0 Å². The molecule has 0 aliphatic heterocycles. The lowest BCUT2D eigenvalue weighted by Gasteiger charge is -2.34. The first-order valence-electron chi connectivity index (χ1n) is 10.6. The average molecular weight is 423 g/mol. The Kier molecular flexibility index (Phi) is 5.69. The number of aromatic carboxylic acids is 1. The standard InChI is InChI=1S/C28H26N2O2/c1-3-11-20(19-12-5-4-6-13-19)26(29)28(2,23-16-9-7-15-22(23)27(31)32)24-18-30-25-17-10-8-14-21(24)25/h3-18,30H,29H2,1-2H3,(H,31,32)/b11-3-,26-20+. The zero-order valence-corrected chi connectivity index (χ0v) is 18.2. The van der Waals surface area contributed by atoms with Crippen molar-refractivity contribution in [1.29, 1.82) is 0 Å². The number of carboxylic acid groups (broad SMARTS) is 1. The number of fused-ring (bicyclic) bond motifs is 1. The van der Waals surface area contributed by atoms with E-state index in [1.807, 2.05) is 98.9 Å². The van der Waals surface area contributed by atoms with E-state index in [1.165, 1.54) is 0 Å². The smallest absolute Gasteiger partial charge is 0.336 e. The third-order valence-corrected chi connectivity index (χ3v) is 6.07. The summed E-state index contributed by atoms with van der Waals surface area (Å²) in [6.45, 7) is 3.95. The second-order valence-corrected chi connectivity index (χ2v) is 7.92. The Balaban J connectivity index is 2.13. The molecule has 3 aromatic carbocycles. The fourth-order valence-electron chi connectivity index (χ4n) is 4.42. The Morgan fingerprint density at radius 3 is 2.31 bits per heavy atom. The normalized spacial score (nSPS) is 14.3. The summed E-state index contributed by atoms with van der Waals surface area (Å²) in [4.78, 5) is 15.5. The van der Waals surface area contributed by atoms with Gasteiger partial charge in [0, 0.05) is 28.4 Å². The maximum absolute atomic E-state index is 12.2. The lowest BCUT2D eigenvalue weighted by Crippen LogP contribution is -2.33. The van der Waals surface area contributed by atoms with Gasteiger partial charge in [0.25, 0.3) is 0 Å². The van der Waals surface area contributed by atoms with E-state index in [-0.39, 0.29) is 5.56 Å². The van der Waals surface area contributed by atoms with Crippen LogP contribution >= 0.6 is 0 Å². The molecule has 32 heavy (non-hydrogen) atoms. The van der Waals surface area contributed by atoms with Crippen LogP contribution in [0.25, 0.3) is 16.5 Å². The number of para-hydroxylation sites is 1. The first-order valence-corrected chi connectivity index (χ1v) is 10.6. The molecule has 0 aliphatic rings. The van der Waals surface area contributed by atoms with Crippen molar-refractivity contribution in [1.82, 2.24) is 4.98 Å². The summed E-state index contributed by atoms with van der Waals surface area (Å²) in [5.74, 6) is -0.980. The molecule has 4 rings (SSSR count). The quantitative estimate of drug-likeness (QED) is 0.328. The zero-order valence-electron chi connectivity index (χ0n) is 18.2. The van der Waals surface area contributed by atoms with E-state index in [9.17, 15) is 9.90 Å². The number of aromatic amines is 1. The minimum absolute atomic E-state index is 0.233. The maximum Gasteiger partial charge on any atom is 0.336 e. The highest BCUT2D eigenvalue weighted by molar-refractivity contribution is 5.93. The molecule has 0 aliphatic carbocycles. The van der Waals surface area contributed by atoms with Crippen LogP contribution in [0.4, 0.5) is 0 Å². The number of benzene rings is 3. The number of nitrogens with one attached hydrogen (secondary N) is 1. The zero-order chi connectivity index (χ0) is 22.7. The highest BCUT2D eigenvalue weighted by Crippen LogP contribution is 2.44. The SMILES string of the molecule is C/C=C\C(=C(/N)C(C)(c1ccccc1C(=O)O)c1c[nH]c2ccccc12)c1ccccc1. The molecule has 0 saturated carbocycles. The molecule has 1 heterocycles. The van der Waals surface area contributed by atoms with Crippen molar-refractivity contribution in [3.8, 4) is 0 Å². The number of nitrogens with two attached hydrogens (primary N) is 1. The van der Waals surface area contributed by atoms with Crippen molar-refractivity contribution < 1.29 is 9.90 Å². The molecular formula is C28H26N2O2. The van der Waals surface area contributed by atoms with E-state index in [0.717, 1.165) is 27.6 Å². The molecular weight excluding hydrogens is 396 g/mol. The van der Waals surface area contributed by atoms with Crippen molar-refractivity contribution in [2.45, 2.75) is 19.3 Å². The van der Waals surface area contributed by atoms with Gasteiger partial charge >= 0.3 is 5.97 Å². The molecule has 4 aromatic rings. The number of hydrogen-bond acceptors (Lipinski definition) is 2. The maximum atomic E-state index is 12.2. The Morgan fingerprint density at radius 2 is 1.59 bits per heavy atom. The van der Waals surface area contributed by atoms with Crippen LogP contribution in [0.5, 0.6) is 0 Å². The average Bonchev–Trinajstić information content (AvgIpc) is 3.27. The number of H-pyrrole nitrogens is 1. The summed E-state index contributed by atoms with van der Waals surface area (Å²) in [5.41, 5.74) is 11.3. The van der Waals surface area contributed by atoms with Gasteiger partial charge < -0.3 is 15.8 Å². The molecule has 1 unspecified atom stereocenters. The molecule has 4 nitrogen and oxygen atoms in total. The van der Waals surface area contributed by atoms with E-state index in [0.29, 0.717) is 11.3 Å². The Morgan fingerprint density at radius 1 is 0.938 bits per heavy atom. The highest BCUT2D eigenvalue weighted by atomic mass is 16.4. The van der Waals surface area contributed by atoms with Crippen LogP contribution < -0.4 is 5.73 Å². The summed E-state index contributed by atoms with van der Waals surface area (Å²) in [6.07, 6.45) is 5.88. The number of allylic oxidation sites excluding steroid dienone is 4. The monoisotopic (exact) mass is 422 g/mol. The second kappa shape index (κ2) is 8.60. The highest BCUT2D eigenvalue weighted by Gasteiger charge is 2.38. The summed E-state index contributed by atoms with van der Waals surface area (Å²) >= 11 is 0. The van der Waals surface area contributed by atoms with Crippen molar-refractivity contribution >= 4 is 22.4 Å². The fourth-order valence-corrected chi connectivity index (χ4v) is 4.42. The predicted octanol–water partition coefficient (Wildman–Crippen LogP) is 6.12. The molecule has 160 valence electrons. The van der Waals surface area contributed by atoms with Gasteiger partial charge in [-0.15, -0.1) is 0 Å². The van der Waals surface area contributed by atoms with Crippen LogP contribution in [0.15, 0.2) is 103 Å². The third-order valence-electron chi connectivity index (χ3n) is 6.07. The van der Waals surface area contributed by atoms with E-state index in [1.54, 1.807) is 12.1 Å². The van der Waals surface area contributed by atoms with E-state index in [2.05, 4.69) is 4.98 Å². The van der Waals surface area contributed by atoms with E-state index >= 15 is 0 Å². The number of aromatic nitrogens is 1. The van der Waals surface area contributed by atoms with Gasteiger partial charge in [-0.25, -0.2) is 4.79 Å². The van der Waals surface area contributed by atoms with Gasteiger partial charge in [0.2, 0.25) is 0 Å². The molecule has 1 atom stereocenters. The second-order valence-electron chi connectivity index (χ2n) is 7.92. The van der Waals surface area contributed by atoms with E-state index in [4.69, 9.17) is 5.73 Å². The topological polar surface area (TPSA) is 79.1 Å². The summed E-state index contributed by atoms with van der Waals surface area (Å²) in [7, 11) is 0. The van der Waals surface area contributed by atoms with Gasteiger partial charge in [0.1, 0.15) is 0 Å². The van der Waals surface area contributed by atoms with Crippen molar-refractivity contribution in [2.75, 3.05) is 0 Å². The van der Waals surface area contributed by atoms with Crippen LogP contribution in [0.3, 0.4) is 0 Å². The molecule has 4 heteroatoms. The first-order chi connectivity index (χ1) is 15.5. The molecule has 0 spiro atoms. The largest absolute Gasteiger partial charge is 0.478 e. The number of carbonyl (C=O) groups is 1. The summed E-state index contributed by atoms with van der Waals surface area (Å²) < 4.78 is 0. The van der Waals surface area contributed by atoms with Crippen LogP contribution in [0, 0.1) is 0 Å². The molecule has 4 N–H and O–H groups in total. The molecule has 0 fully saturated rings. The van der Waals surface area contributed by atoms with Crippen LogP contribution in [0.1, 0.15) is 40.9 Å². The van der Waals surface area contributed by atoms with Crippen molar-refractivity contribution in [2.24, 2.45) is 5.73 Å². The van der Waals surface area contributed by atoms with E-state index < -0.39 is 11.4 Å². The Hall–Kier alpha value is -4.05. The van der Waals surface area contributed by atoms with Crippen LogP contribution in [-0.2, 0) is 5.41 Å². The summed E-state index contributed by atoms with van der Waals surface area (Å²) in [6, 6.07) is 25.0. The number of carboxylic acids is 1. The fraction of sp³-hybridized carbons (Fsp3) is 0.107. The summed E-state index contributed by atoms with van der Waals surface area (Å²) in [5, 5.41) is 11.0. The lowest BCUT2D eigenvalue weighted by molar-refractivity contribution is 0.0694. The van der Waals surface area contributed by atoms with Crippen LogP contribution in [-0.4, -0.2) is 16.1 Å². The van der Waals surface area contributed by atoms with Crippen LogP contribution in [0.2, 0.25) is 0 Å². The van der Waals surface area contributed by atoms with Gasteiger partial charge in [0.05, 0.1) is 11.0 Å². The van der Waals surface area contributed by atoms with Gasteiger partial charge in [-0.3, -0.25) is 0 Å². The van der Waals surface area contributed by atoms with Crippen molar-refractivity contribution in [3.63, 3.8) is 0 Å². The first kappa shape index (κ1) is 21.2. The number of hydrogen-bond donors (Lipinski definition) is 3. The minimum atomic E-state index is -0.980. The van der Waals surface area contributed by atoms with Gasteiger partial charge in [-0.05, 0) is 42.7 Å². The third kappa shape index (κ3) is 3.50. The minimum Gasteiger partial charge on any atom is -0.478 e. The molecule has 0 saturated heterocycles. The lowest BCUT2D eigenvalue weighted by atomic mass is 9.70. The molecule has 0 bridgehead atoms. The number of rotatable bonds is 6. The molecule has 0 radical (unpaired) electrons.